The van der Waals surface area contributed by atoms with Crippen LogP contribution in [0.3, 0.4) is 0 Å². The highest BCUT2D eigenvalue weighted by Gasteiger charge is 2.35. The number of halogens is 2. The molecule has 0 radical (unpaired) electrons. The van der Waals surface area contributed by atoms with Crippen molar-refractivity contribution in [3.05, 3.63) is 82.1 Å². The van der Waals surface area contributed by atoms with E-state index in [0.29, 0.717) is 41.9 Å². The third-order valence-corrected chi connectivity index (χ3v) is 7.68. The Morgan fingerprint density at radius 2 is 1.81 bits per heavy atom. The molecule has 2 aromatic rings. The minimum absolute atomic E-state index is 0.0120. The van der Waals surface area contributed by atoms with Crippen molar-refractivity contribution in [3.8, 4) is 6.07 Å². The summed E-state index contributed by atoms with van der Waals surface area (Å²) in [5.41, 5.74) is 3.18. The van der Waals surface area contributed by atoms with Gasteiger partial charge in [0.05, 0.1) is 11.6 Å². The fourth-order valence-electron chi connectivity index (χ4n) is 5.48. The number of benzene rings is 2. The molecule has 8 heteroatoms. The van der Waals surface area contributed by atoms with Crippen LogP contribution in [-0.2, 0) is 9.59 Å². The Bertz CT molecular complexity index is 1240. The Morgan fingerprint density at radius 1 is 1.08 bits per heavy atom. The summed E-state index contributed by atoms with van der Waals surface area (Å²) in [6.45, 7) is 2.68. The molecular weight excluding hydrogens is 474 g/mol. The summed E-state index contributed by atoms with van der Waals surface area (Å²) in [5.74, 6) is -2.72. The second-order valence-electron chi connectivity index (χ2n) is 9.84. The van der Waals surface area contributed by atoms with Crippen LogP contribution in [0.4, 0.5) is 8.78 Å². The molecule has 0 aromatic heterocycles. The van der Waals surface area contributed by atoms with Crippen molar-refractivity contribution in [1.29, 1.82) is 5.26 Å². The first-order chi connectivity index (χ1) is 17.8. The molecular formula is C29H32F2N4O2. The van der Waals surface area contributed by atoms with Gasteiger partial charge in [-0.15, -0.1) is 0 Å². The number of amides is 2. The van der Waals surface area contributed by atoms with Crippen molar-refractivity contribution >= 4 is 11.8 Å². The highest BCUT2D eigenvalue weighted by molar-refractivity contribution is 5.99. The van der Waals surface area contributed by atoms with E-state index in [0.717, 1.165) is 48.9 Å². The number of allylic oxidation sites excluding steroid dienone is 1. The molecule has 1 heterocycles. The Balaban J connectivity index is 1.32. The molecule has 2 N–H and O–H groups in total. The van der Waals surface area contributed by atoms with Gasteiger partial charge in [-0.05, 0) is 67.9 Å². The highest BCUT2D eigenvalue weighted by Crippen LogP contribution is 2.37. The smallest absolute Gasteiger partial charge is 0.249 e. The lowest BCUT2D eigenvalue weighted by molar-refractivity contribution is -0.129. The van der Waals surface area contributed by atoms with E-state index in [1.54, 1.807) is 14.0 Å². The topological polar surface area (TPSA) is 85.2 Å². The highest BCUT2D eigenvalue weighted by atomic mass is 19.2. The lowest BCUT2D eigenvalue weighted by Gasteiger charge is -2.33. The van der Waals surface area contributed by atoms with Crippen LogP contribution in [0.25, 0.3) is 0 Å². The summed E-state index contributed by atoms with van der Waals surface area (Å²) in [5, 5.41) is 15.8. The van der Waals surface area contributed by atoms with Crippen molar-refractivity contribution in [2.24, 2.45) is 0 Å². The molecule has 0 bridgehead atoms. The number of rotatable bonds is 7. The Hall–Kier alpha value is -3.57. The fraction of sp³-hybridized carbons (Fsp3) is 0.414. The van der Waals surface area contributed by atoms with Gasteiger partial charge in [-0.3, -0.25) is 9.59 Å². The van der Waals surface area contributed by atoms with Crippen LogP contribution in [0.2, 0.25) is 0 Å². The number of nitriles is 1. The van der Waals surface area contributed by atoms with Gasteiger partial charge >= 0.3 is 0 Å². The average molecular weight is 507 g/mol. The van der Waals surface area contributed by atoms with Gasteiger partial charge in [0.15, 0.2) is 11.6 Å². The van der Waals surface area contributed by atoms with E-state index in [2.05, 4.69) is 16.7 Å². The van der Waals surface area contributed by atoms with Crippen LogP contribution in [0.1, 0.15) is 67.6 Å². The van der Waals surface area contributed by atoms with E-state index in [-0.39, 0.29) is 18.2 Å². The molecule has 6 nitrogen and oxygen atoms in total. The molecule has 2 aromatic carbocycles. The number of hydrogen-bond acceptors (Lipinski definition) is 4. The normalized spacial score (nSPS) is 22.1. The number of nitrogens with one attached hydrogen (secondary N) is 2. The predicted molar refractivity (Wildman–Crippen MR) is 136 cm³/mol. The van der Waals surface area contributed by atoms with E-state index < -0.39 is 17.6 Å². The number of carbonyl (C=O) groups is 2. The van der Waals surface area contributed by atoms with Crippen LogP contribution in [0.15, 0.2) is 53.7 Å². The standard InChI is InChI=1S/C29H32F2N4O2/c1-18-28(24(16-27(36)35(18)2)20-9-12-25(30)26(31)15-20)29(37)34-14-13-33-22-10-7-19(8-11-22)23-6-4-3-5-21(23)17-32/h3-6,9,12,15,19,22,24,33H,7-8,10-11,13-14,16H2,1-2H3,(H,34,37). The zero-order valence-corrected chi connectivity index (χ0v) is 21.2. The molecule has 0 spiro atoms. The lowest BCUT2D eigenvalue weighted by Crippen LogP contribution is -2.42. The molecule has 1 aliphatic carbocycles. The van der Waals surface area contributed by atoms with Crippen LogP contribution < -0.4 is 10.6 Å². The van der Waals surface area contributed by atoms with Gasteiger partial charge in [-0.25, -0.2) is 8.78 Å². The Kier molecular flexibility index (Phi) is 8.34. The summed E-state index contributed by atoms with van der Waals surface area (Å²) in [6.07, 6.45) is 4.01. The first kappa shape index (κ1) is 26.5. The van der Waals surface area contributed by atoms with Crippen molar-refractivity contribution in [1.82, 2.24) is 15.5 Å². The van der Waals surface area contributed by atoms with Crippen molar-refractivity contribution in [2.75, 3.05) is 20.1 Å². The summed E-state index contributed by atoms with van der Waals surface area (Å²) >= 11 is 0. The minimum Gasteiger partial charge on any atom is -0.351 e. The zero-order chi connectivity index (χ0) is 26.5. The molecule has 0 saturated heterocycles. The van der Waals surface area contributed by atoms with E-state index in [1.807, 2.05) is 24.3 Å². The SMILES string of the molecule is CC1=C(C(=O)NCCNC2CCC(c3ccccc3C#N)CC2)C(c2ccc(F)c(F)c2)CC(=O)N1C. The Labute approximate surface area is 216 Å². The number of nitrogens with zero attached hydrogens (tertiary/aromatic N) is 2. The van der Waals surface area contributed by atoms with Gasteiger partial charge in [0.2, 0.25) is 11.8 Å². The second-order valence-corrected chi connectivity index (χ2v) is 9.84. The summed E-state index contributed by atoms with van der Waals surface area (Å²) < 4.78 is 27.4. The van der Waals surface area contributed by atoms with Gasteiger partial charge in [0, 0.05) is 49.8 Å². The molecule has 1 aliphatic heterocycles. The average Bonchev–Trinajstić information content (AvgIpc) is 2.91. The van der Waals surface area contributed by atoms with Crippen molar-refractivity contribution < 1.29 is 18.4 Å². The third kappa shape index (κ3) is 5.89. The van der Waals surface area contributed by atoms with Gasteiger partial charge in [0.25, 0.3) is 0 Å². The fourth-order valence-corrected chi connectivity index (χ4v) is 5.48. The van der Waals surface area contributed by atoms with E-state index in [9.17, 15) is 23.6 Å². The number of hydrogen-bond donors (Lipinski definition) is 2. The molecule has 4 rings (SSSR count). The van der Waals surface area contributed by atoms with Gasteiger partial charge in [-0.2, -0.15) is 5.26 Å². The van der Waals surface area contributed by atoms with E-state index >= 15 is 0 Å². The van der Waals surface area contributed by atoms with Crippen LogP contribution >= 0.6 is 0 Å². The molecule has 1 saturated carbocycles. The predicted octanol–water partition coefficient (Wildman–Crippen LogP) is 4.49. The summed E-state index contributed by atoms with van der Waals surface area (Å²) in [6, 6.07) is 13.9. The van der Waals surface area contributed by atoms with Crippen molar-refractivity contribution in [3.63, 3.8) is 0 Å². The molecule has 1 atom stereocenters. The minimum atomic E-state index is -1.00. The van der Waals surface area contributed by atoms with Gasteiger partial charge in [0.1, 0.15) is 0 Å². The molecule has 2 aliphatic rings. The largest absolute Gasteiger partial charge is 0.351 e. The van der Waals surface area contributed by atoms with Gasteiger partial charge < -0.3 is 15.5 Å². The maximum absolute atomic E-state index is 13.9. The third-order valence-electron chi connectivity index (χ3n) is 7.68. The monoisotopic (exact) mass is 506 g/mol. The van der Waals surface area contributed by atoms with Crippen LogP contribution in [0, 0.1) is 23.0 Å². The van der Waals surface area contributed by atoms with Crippen molar-refractivity contribution in [2.45, 2.75) is 56.9 Å². The van der Waals surface area contributed by atoms with Crippen LogP contribution in [0.5, 0.6) is 0 Å². The first-order valence-corrected chi connectivity index (χ1v) is 12.7. The molecule has 37 heavy (non-hydrogen) atoms. The maximum atomic E-state index is 13.9. The summed E-state index contributed by atoms with van der Waals surface area (Å²) in [7, 11) is 1.61. The first-order valence-electron chi connectivity index (χ1n) is 12.7. The Morgan fingerprint density at radius 3 is 2.51 bits per heavy atom. The van der Waals surface area contributed by atoms with Gasteiger partial charge in [-0.1, -0.05) is 24.3 Å². The summed E-state index contributed by atoms with van der Waals surface area (Å²) in [4.78, 5) is 27.1. The molecule has 1 fully saturated rings. The zero-order valence-electron chi connectivity index (χ0n) is 21.2. The lowest BCUT2D eigenvalue weighted by atomic mass is 9.80. The second kappa shape index (κ2) is 11.7. The quantitative estimate of drug-likeness (QED) is 0.542. The van der Waals surface area contributed by atoms with E-state index in [1.165, 1.54) is 11.0 Å². The maximum Gasteiger partial charge on any atom is 0.249 e. The molecule has 194 valence electrons. The number of carbonyl (C=O) groups excluding carboxylic acids is 2. The van der Waals surface area contributed by atoms with E-state index in [4.69, 9.17) is 0 Å². The molecule has 2 amide bonds. The molecule has 1 unspecified atom stereocenters. The van der Waals surface area contributed by atoms with Crippen LogP contribution in [-0.4, -0.2) is 42.9 Å².